The predicted molar refractivity (Wildman–Crippen MR) is 87.6 cm³/mol. The van der Waals surface area contributed by atoms with E-state index in [0.29, 0.717) is 0 Å². The van der Waals surface area contributed by atoms with Gasteiger partial charge >= 0.3 is 0 Å². The van der Waals surface area contributed by atoms with Gasteiger partial charge < -0.3 is 0 Å². The van der Waals surface area contributed by atoms with Crippen LogP contribution in [0.2, 0.25) is 0 Å². The summed E-state index contributed by atoms with van der Waals surface area (Å²) in [5, 5.41) is 0. The number of rotatable bonds is 14. The van der Waals surface area contributed by atoms with Gasteiger partial charge in [-0.15, -0.1) is 0 Å². The van der Waals surface area contributed by atoms with Crippen molar-refractivity contribution in [1.29, 1.82) is 0 Å². The van der Waals surface area contributed by atoms with Crippen molar-refractivity contribution in [3.8, 4) is 0 Å². The Bertz CT molecular complexity index is 164. The van der Waals surface area contributed by atoms with Gasteiger partial charge in [0.25, 0.3) is 0 Å². The van der Waals surface area contributed by atoms with Crippen LogP contribution >= 0.6 is 0 Å². The van der Waals surface area contributed by atoms with Gasteiger partial charge in [-0.25, -0.2) is 0 Å². The quantitative estimate of drug-likeness (QED) is 0.293. The van der Waals surface area contributed by atoms with Crippen LogP contribution < -0.4 is 0 Å². The molecule has 0 aromatic heterocycles. The van der Waals surface area contributed by atoms with Crippen LogP contribution in [0, 0.1) is 11.8 Å². The summed E-state index contributed by atoms with van der Waals surface area (Å²) in [5.41, 5.74) is 0. The molecule has 0 aromatic rings. The lowest BCUT2D eigenvalue weighted by atomic mass is 10.0. The molecular formula is C19H38. The summed E-state index contributed by atoms with van der Waals surface area (Å²) in [6, 6.07) is 0. The highest BCUT2D eigenvalue weighted by molar-refractivity contribution is 4.85. The monoisotopic (exact) mass is 266 g/mol. The van der Waals surface area contributed by atoms with E-state index < -0.39 is 0 Å². The zero-order valence-electron chi connectivity index (χ0n) is 13.8. The van der Waals surface area contributed by atoms with Gasteiger partial charge in [0.15, 0.2) is 0 Å². The van der Waals surface area contributed by atoms with Gasteiger partial charge in [-0.05, 0) is 18.3 Å². The van der Waals surface area contributed by atoms with Crippen molar-refractivity contribution in [2.45, 2.75) is 110 Å². The third-order valence-corrected chi connectivity index (χ3v) is 4.93. The summed E-state index contributed by atoms with van der Waals surface area (Å²) in [6.07, 6.45) is 22.3. The minimum absolute atomic E-state index is 1.14. The third kappa shape index (κ3) is 9.52. The highest BCUT2D eigenvalue weighted by Gasteiger charge is 2.34. The lowest BCUT2D eigenvalue weighted by Crippen LogP contribution is -1.86. The molecule has 114 valence electrons. The van der Waals surface area contributed by atoms with Crippen molar-refractivity contribution in [3.63, 3.8) is 0 Å². The van der Waals surface area contributed by atoms with Gasteiger partial charge in [0.2, 0.25) is 0 Å². The molecule has 0 heteroatoms. The van der Waals surface area contributed by atoms with E-state index >= 15 is 0 Å². The van der Waals surface area contributed by atoms with E-state index in [-0.39, 0.29) is 0 Å². The molecular weight excluding hydrogens is 228 g/mol. The van der Waals surface area contributed by atoms with Gasteiger partial charge in [-0.3, -0.25) is 0 Å². The first-order chi connectivity index (χ1) is 9.38. The predicted octanol–water partition coefficient (Wildman–Crippen LogP) is 7.12. The molecule has 0 spiro atoms. The number of hydrogen-bond acceptors (Lipinski definition) is 0. The van der Waals surface area contributed by atoms with E-state index in [1.165, 1.54) is 77.0 Å². The first-order valence-electron chi connectivity index (χ1n) is 9.38. The van der Waals surface area contributed by atoms with E-state index in [4.69, 9.17) is 0 Å². The molecule has 1 rings (SSSR count). The molecule has 0 bridgehead atoms. The fraction of sp³-hybridized carbons (Fsp3) is 1.00. The number of hydrogen-bond donors (Lipinski definition) is 0. The molecule has 2 atom stereocenters. The van der Waals surface area contributed by atoms with Gasteiger partial charge in [-0.2, -0.15) is 0 Å². The second kappa shape index (κ2) is 11.8. The van der Waals surface area contributed by atoms with Crippen molar-refractivity contribution < 1.29 is 0 Å². The summed E-state index contributed by atoms with van der Waals surface area (Å²) in [4.78, 5) is 0. The summed E-state index contributed by atoms with van der Waals surface area (Å²) < 4.78 is 0. The second-order valence-electron chi connectivity index (χ2n) is 6.87. The van der Waals surface area contributed by atoms with Gasteiger partial charge in [0.1, 0.15) is 0 Å². The molecule has 1 fully saturated rings. The first-order valence-corrected chi connectivity index (χ1v) is 9.38. The van der Waals surface area contributed by atoms with Crippen molar-refractivity contribution in [3.05, 3.63) is 0 Å². The Hall–Kier alpha value is 0. The summed E-state index contributed by atoms with van der Waals surface area (Å²) >= 11 is 0. The topological polar surface area (TPSA) is 0 Å². The van der Waals surface area contributed by atoms with Crippen LogP contribution in [0.4, 0.5) is 0 Å². The molecule has 0 aromatic carbocycles. The molecule has 0 saturated heterocycles. The number of unbranched alkanes of at least 4 members (excludes halogenated alkanes) is 10. The van der Waals surface area contributed by atoms with E-state index in [2.05, 4.69) is 13.8 Å². The lowest BCUT2D eigenvalue weighted by molar-refractivity contribution is 0.515. The largest absolute Gasteiger partial charge is 0.0654 e. The first kappa shape index (κ1) is 17.1. The normalized spacial score (nSPS) is 21.8. The SMILES string of the molecule is CCCCCCCCC1CC1CCCCCCCC. The highest BCUT2D eigenvalue weighted by atomic mass is 14.4. The van der Waals surface area contributed by atoms with E-state index in [0.717, 1.165) is 11.8 Å². The van der Waals surface area contributed by atoms with E-state index in [1.807, 2.05) is 0 Å². The molecule has 0 N–H and O–H groups in total. The second-order valence-corrected chi connectivity index (χ2v) is 6.87. The fourth-order valence-electron chi connectivity index (χ4n) is 3.39. The molecule has 0 heterocycles. The fourth-order valence-corrected chi connectivity index (χ4v) is 3.39. The van der Waals surface area contributed by atoms with Crippen LogP contribution in [-0.4, -0.2) is 0 Å². The Morgan fingerprint density at radius 1 is 0.526 bits per heavy atom. The minimum atomic E-state index is 1.14. The van der Waals surface area contributed by atoms with Crippen LogP contribution in [0.15, 0.2) is 0 Å². The summed E-state index contributed by atoms with van der Waals surface area (Å²) in [5.74, 6) is 2.28. The summed E-state index contributed by atoms with van der Waals surface area (Å²) in [7, 11) is 0. The van der Waals surface area contributed by atoms with Crippen molar-refractivity contribution >= 4 is 0 Å². The molecule has 1 saturated carbocycles. The Morgan fingerprint density at radius 2 is 0.895 bits per heavy atom. The van der Waals surface area contributed by atoms with Crippen LogP contribution in [0.5, 0.6) is 0 Å². The molecule has 2 unspecified atom stereocenters. The standard InChI is InChI=1S/C19H38/c1-3-5-7-9-11-13-15-18-17-19(18)16-14-12-10-8-6-4-2/h18-19H,3-17H2,1-2H3. The van der Waals surface area contributed by atoms with Crippen LogP contribution in [0.25, 0.3) is 0 Å². The van der Waals surface area contributed by atoms with Gasteiger partial charge in [-0.1, -0.05) is 104 Å². The average Bonchev–Trinajstić information content (AvgIpc) is 3.16. The zero-order chi connectivity index (χ0) is 13.8. The van der Waals surface area contributed by atoms with Gasteiger partial charge in [0.05, 0.1) is 0 Å². The van der Waals surface area contributed by atoms with E-state index in [9.17, 15) is 0 Å². The Balaban J connectivity index is 1.76. The molecule has 19 heavy (non-hydrogen) atoms. The maximum atomic E-state index is 2.30. The zero-order valence-corrected chi connectivity index (χ0v) is 13.8. The summed E-state index contributed by atoms with van der Waals surface area (Å²) in [6.45, 7) is 4.61. The maximum Gasteiger partial charge on any atom is -0.0383 e. The Morgan fingerprint density at radius 3 is 1.32 bits per heavy atom. The maximum absolute atomic E-state index is 2.30. The van der Waals surface area contributed by atoms with Crippen LogP contribution in [-0.2, 0) is 0 Å². The van der Waals surface area contributed by atoms with Crippen molar-refractivity contribution in [2.24, 2.45) is 11.8 Å². The Kier molecular flexibility index (Phi) is 10.6. The van der Waals surface area contributed by atoms with Crippen LogP contribution in [0.3, 0.4) is 0 Å². The average molecular weight is 267 g/mol. The molecule has 1 aliphatic rings. The van der Waals surface area contributed by atoms with Crippen molar-refractivity contribution in [1.82, 2.24) is 0 Å². The molecule has 0 aliphatic heterocycles. The van der Waals surface area contributed by atoms with Crippen molar-refractivity contribution in [2.75, 3.05) is 0 Å². The lowest BCUT2D eigenvalue weighted by Gasteiger charge is -2.02. The van der Waals surface area contributed by atoms with Crippen LogP contribution in [0.1, 0.15) is 110 Å². The molecule has 1 aliphatic carbocycles. The molecule has 0 radical (unpaired) electrons. The van der Waals surface area contributed by atoms with Gasteiger partial charge in [0, 0.05) is 0 Å². The third-order valence-electron chi connectivity index (χ3n) is 4.93. The minimum Gasteiger partial charge on any atom is -0.0654 e. The molecule has 0 amide bonds. The van der Waals surface area contributed by atoms with E-state index in [1.54, 1.807) is 19.3 Å². The smallest absolute Gasteiger partial charge is 0.0383 e. The Labute approximate surface area is 122 Å². The highest BCUT2D eigenvalue weighted by Crippen LogP contribution is 2.45. The molecule has 0 nitrogen and oxygen atoms in total.